The number of rotatable bonds is 4. The molecule has 1 amide bonds. The highest BCUT2D eigenvalue weighted by atomic mass is 19.1. The monoisotopic (exact) mass is 265 g/mol. The van der Waals surface area contributed by atoms with Crippen molar-refractivity contribution >= 4 is 5.91 Å². The van der Waals surface area contributed by atoms with Gasteiger partial charge in [0.2, 0.25) is 0 Å². The van der Waals surface area contributed by atoms with Gasteiger partial charge in [0.25, 0.3) is 5.91 Å². The molecule has 0 atom stereocenters. The average molecular weight is 265 g/mol. The number of hydrogen-bond donors (Lipinski definition) is 3. The minimum absolute atomic E-state index is 0.0465. The van der Waals surface area contributed by atoms with Crippen molar-refractivity contribution in [2.45, 2.75) is 0 Å². The first kappa shape index (κ1) is 13.0. The number of aromatic hydroxyl groups is 1. The first-order valence-corrected chi connectivity index (χ1v) is 5.56. The number of amides is 1. The van der Waals surface area contributed by atoms with Gasteiger partial charge in [-0.1, -0.05) is 12.1 Å². The molecule has 1 aromatic heterocycles. The molecule has 0 fully saturated rings. The fourth-order valence-corrected chi connectivity index (χ4v) is 1.54. The summed E-state index contributed by atoms with van der Waals surface area (Å²) in [6.45, 7) is -0.175. The molecule has 0 saturated heterocycles. The lowest BCUT2D eigenvalue weighted by Gasteiger charge is -2.02. The van der Waals surface area contributed by atoms with Gasteiger partial charge in [0.15, 0.2) is 11.4 Å². The van der Waals surface area contributed by atoms with E-state index in [1.54, 1.807) is 6.07 Å². The Morgan fingerprint density at radius 2 is 2.16 bits per heavy atom. The first-order valence-electron chi connectivity index (χ1n) is 5.56. The summed E-state index contributed by atoms with van der Waals surface area (Å²) < 4.78 is 14.6. The predicted molar refractivity (Wildman–Crippen MR) is 64.6 cm³/mol. The van der Waals surface area contributed by atoms with E-state index in [1.165, 1.54) is 18.2 Å². The summed E-state index contributed by atoms with van der Waals surface area (Å²) in [4.78, 5) is 11.6. The highest BCUT2D eigenvalue weighted by molar-refractivity contribution is 5.94. The molecule has 1 heterocycles. The number of benzene rings is 1. The SMILES string of the molecule is O=C(NCCO)c1nn(-c2ccccc2F)cc1O. The van der Waals surface area contributed by atoms with Crippen molar-refractivity contribution in [3.63, 3.8) is 0 Å². The molecule has 0 aliphatic rings. The molecule has 7 heteroatoms. The van der Waals surface area contributed by atoms with Gasteiger partial charge in [0.05, 0.1) is 12.8 Å². The van der Waals surface area contributed by atoms with Crippen LogP contribution in [0.2, 0.25) is 0 Å². The van der Waals surface area contributed by atoms with Gasteiger partial charge in [-0.05, 0) is 12.1 Å². The highest BCUT2D eigenvalue weighted by Gasteiger charge is 2.17. The largest absolute Gasteiger partial charge is 0.504 e. The Morgan fingerprint density at radius 3 is 2.84 bits per heavy atom. The number of nitrogens with zero attached hydrogens (tertiary/aromatic N) is 2. The molecule has 100 valence electrons. The molecule has 0 saturated carbocycles. The van der Waals surface area contributed by atoms with Gasteiger partial charge < -0.3 is 15.5 Å². The number of aliphatic hydroxyl groups is 1. The molecule has 0 radical (unpaired) electrons. The Hall–Kier alpha value is -2.41. The summed E-state index contributed by atoms with van der Waals surface area (Å²) >= 11 is 0. The summed E-state index contributed by atoms with van der Waals surface area (Å²) in [5.41, 5.74) is -0.101. The summed E-state index contributed by atoms with van der Waals surface area (Å²) in [7, 11) is 0. The molecule has 0 aliphatic carbocycles. The smallest absolute Gasteiger partial charge is 0.275 e. The van der Waals surface area contributed by atoms with E-state index in [0.717, 1.165) is 10.9 Å². The second-order valence-electron chi connectivity index (χ2n) is 3.74. The van der Waals surface area contributed by atoms with E-state index in [4.69, 9.17) is 5.11 Å². The van der Waals surface area contributed by atoms with E-state index in [0.29, 0.717) is 0 Å². The number of aromatic nitrogens is 2. The van der Waals surface area contributed by atoms with Crippen LogP contribution in [0, 0.1) is 5.82 Å². The fraction of sp³-hybridized carbons (Fsp3) is 0.167. The molecule has 0 aliphatic heterocycles. The van der Waals surface area contributed by atoms with E-state index in [-0.39, 0.29) is 30.3 Å². The molecule has 2 rings (SSSR count). The third kappa shape index (κ3) is 2.71. The Morgan fingerprint density at radius 1 is 1.42 bits per heavy atom. The van der Waals surface area contributed by atoms with E-state index in [1.807, 2.05) is 0 Å². The quantitative estimate of drug-likeness (QED) is 0.748. The molecule has 0 bridgehead atoms. The molecule has 19 heavy (non-hydrogen) atoms. The van der Waals surface area contributed by atoms with E-state index in [2.05, 4.69) is 10.4 Å². The van der Waals surface area contributed by atoms with Crippen LogP contribution in [0.5, 0.6) is 5.75 Å². The lowest BCUT2D eigenvalue weighted by Crippen LogP contribution is -2.26. The van der Waals surface area contributed by atoms with Crippen LogP contribution in [0.15, 0.2) is 30.5 Å². The number of halogens is 1. The van der Waals surface area contributed by atoms with E-state index < -0.39 is 11.7 Å². The van der Waals surface area contributed by atoms with Crippen molar-refractivity contribution in [3.05, 3.63) is 42.0 Å². The maximum atomic E-state index is 13.5. The Kier molecular flexibility index (Phi) is 3.76. The molecule has 2 aromatic rings. The summed E-state index contributed by atoms with van der Waals surface area (Å²) in [6, 6.07) is 5.86. The van der Waals surface area contributed by atoms with Crippen LogP contribution in [0.4, 0.5) is 4.39 Å². The van der Waals surface area contributed by atoms with Crippen LogP contribution in [0.1, 0.15) is 10.5 Å². The van der Waals surface area contributed by atoms with Crippen LogP contribution in [-0.4, -0.2) is 39.1 Å². The molecule has 0 spiro atoms. The van der Waals surface area contributed by atoms with Gasteiger partial charge in [-0.25, -0.2) is 9.07 Å². The summed E-state index contributed by atoms with van der Waals surface area (Å²) in [6.07, 6.45) is 1.15. The molecular formula is C12H12FN3O3. The minimum Gasteiger partial charge on any atom is -0.504 e. The Balaban J connectivity index is 2.31. The topological polar surface area (TPSA) is 87.4 Å². The standard InChI is InChI=1S/C12H12FN3O3/c13-8-3-1-2-4-9(8)16-7-10(18)11(15-16)12(19)14-5-6-17/h1-4,7,17-18H,5-6H2,(H,14,19). The van der Waals surface area contributed by atoms with Crippen LogP contribution in [0.3, 0.4) is 0 Å². The molecular weight excluding hydrogens is 253 g/mol. The minimum atomic E-state index is -0.637. The Labute approximate surface area is 108 Å². The van der Waals surface area contributed by atoms with Crippen molar-refractivity contribution in [3.8, 4) is 11.4 Å². The normalized spacial score (nSPS) is 10.4. The predicted octanol–water partition coefficient (Wildman–Crippen LogP) is 0.439. The summed E-state index contributed by atoms with van der Waals surface area (Å²) in [5, 5.41) is 24.4. The van der Waals surface area contributed by atoms with E-state index in [9.17, 15) is 14.3 Å². The lowest BCUT2D eigenvalue weighted by molar-refractivity contribution is 0.0936. The van der Waals surface area contributed by atoms with Crippen LogP contribution < -0.4 is 5.32 Å². The van der Waals surface area contributed by atoms with E-state index >= 15 is 0 Å². The third-order valence-corrected chi connectivity index (χ3v) is 2.41. The number of hydrogen-bond acceptors (Lipinski definition) is 4. The maximum Gasteiger partial charge on any atom is 0.275 e. The number of carbonyl (C=O) groups is 1. The number of aliphatic hydroxyl groups excluding tert-OH is 1. The zero-order chi connectivity index (χ0) is 13.8. The maximum absolute atomic E-state index is 13.5. The van der Waals surface area contributed by atoms with Crippen molar-refractivity contribution < 1.29 is 19.4 Å². The Bertz CT molecular complexity index is 598. The molecule has 3 N–H and O–H groups in total. The molecule has 0 unspecified atom stereocenters. The van der Waals surface area contributed by atoms with Crippen LogP contribution in [-0.2, 0) is 0 Å². The number of para-hydroxylation sites is 1. The van der Waals surface area contributed by atoms with Crippen molar-refractivity contribution in [1.29, 1.82) is 0 Å². The van der Waals surface area contributed by atoms with Gasteiger partial charge in [0, 0.05) is 6.54 Å². The zero-order valence-electron chi connectivity index (χ0n) is 9.88. The second kappa shape index (κ2) is 5.49. The van der Waals surface area contributed by atoms with Gasteiger partial charge in [0.1, 0.15) is 11.5 Å². The van der Waals surface area contributed by atoms with Gasteiger partial charge >= 0.3 is 0 Å². The fourth-order valence-electron chi connectivity index (χ4n) is 1.54. The van der Waals surface area contributed by atoms with Crippen molar-refractivity contribution in [2.24, 2.45) is 0 Å². The second-order valence-corrected chi connectivity index (χ2v) is 3.74. The number of carbonyl (C=O) groups excluding carboxylic acids is 1. The van der Waals surface area contributed by atoms with Crippen molar-refractivity contribution in [1.82, 2.24) is 15.1 Å². The lowest BCUT2D eigenvalue weighted by atomic mass is 10.3. The molecule has 1 aromatic carbocycles. The molecule has 6 nitrogen and oxygen atoms in total. The van der Waals surface area contributed by atoms with Gasteiger partial charge in [-0.2, -0.15) is 5.10 Å². The van der Waals surface area contributed by atoms with Gasteiger partial charge in [-0.3, -0.25) is 4.79 Å². The third-order valence-electron chi connectivity index (χ3n) is 2.41. The number of nitrogens with one attached hydrogen (secondary N) is 1. The summed E-state index contributed by atoms with van der Waals surface area (Å²) in [5.74, 6) is -1.52. The van der Waals surface area contributed by atoms with Crippen LogP contribution in [0.25, 0.3) is 5.69 Å². The zero-order valence-corrected chi connectivity index (χ0v) is 9.88. The van der Waals surface area contributed by atoms with Crippen LogP contribution >= 0.6 is 0 Å². The highest BCUT2D eigenvalue weighted by Crippen LogP contribution is 2.19. The average Bonchev–Trinajstić information content (AvgIpc) is 2.78. The van der Waals surface area contributed by atoms with Gasteiger partial charge in [-0.15, -0.1) is 0 Å². The first-order chi connectivity index (χ1) is 9.13. The van der Waals surface area contributed by atoms with Crippen molar-refractivity contribution in [2.75, 3.05) is 13.2 Å².